The minimum Gasteiger partial charge on any atom is -0.387 e. The molecule has 2 aromatic heterocycles. The summed E-state index contributed by atoms with van der Waals surface area (Å²) in [6, 6.07) is 0.278. The van der Waals surface area contributed by atoms with Crippen LogP contribution in [0.2, 0.25) is 0 Å². The van der Waals surface area contributed by atoms with Crippen molar-refractivity contribution in [1.29, 1.82) is 0 Å². The summed E-state index contributed by atoms with van der Waals surface area (Å²) in [5, 5.41) is 28.0. The number of anilines is 1. The van der Waals surface area contributed by atoms with Crippen molar-refractivity contribution in [1.82, 2.24) is 19.7 Å². The maximum atomic E-state index is 11.9. The van der Waals surface area contributed by atoms with Crippen LogP contribution in [0.25, 0.3) is 11.0 Å². The van der Waals surface area contributed by atoms with Crippen LogP contribution in [-0.4, -0.2) is 89.8 Å². The Morgan fingerprint density at radius 2 is 2.00 bits per heavy atom. The van der Waals surface area contributed by atoms with Crippen LogP contribution in [0, 0.1) is 11.8 Å². The van der Waals surface area contributed by atoms with Gasteiger partial charge in [0.15, 0.2) is 17.2 Å². The Labute approximate surface area is 214 Å². The third-order valence-electron chi connectivity index (χ3n) is 6.69. The van der Waals surface area contributed by atoms with Crippen LogP contribution < -0.4 is 5.32 Å². The number of aromatic nitrogens is 4. The molecule has 37 heavy (non-hydrogen) atoms. The minimum atomic E-state index is -4.73. The van der Waals surface area contributed by atoms with Gasteiger partial charge in [0.2, 0.25) is 5.82 Å². The number of hydrogen-bond acceptors (Lipinski definition) is 10. The van der Waals surface area contributed by atoms with E-state index >= 15 is 0 Å². The highest BCUT2D eigenvalue weighted by Crippen LogP contribution is 2.51. The van der Waals surface area contributed by atoms with E-state index in [4.69, 9.17) is 14.2 Å². The van der Waals surface area contributed by atoms with Gasteiger partial charge in [0.1, 0.15) is 24.1 Å². The van der Waals surface area contributed by atoms with Crippen molar-refractivity contribution in [3.8, 4) is 11.8 Å². The molecule has 4 rings (SSSR count). The molecule has 14 heteroatoms. The minimum absolute atomic E-state index is 0.278. The Bertz CT molecular complexity index is 1200. The SMILES string of the molecule is CCC#Cc1nc(NC2CCCC2)c2cnn([C@@H]3O[C@H](COC(C)(COC)P(=O)(O)O)[C@@H](O)[C@H]3O)c2n1. The first-order valence-electron chi connectivity index (χ1n) is 12.3. The molecule has 2 aromatic rings. The molecule has 204 valence electrons. The number of ether oxygens (including phenoxy) is 3. The molecule has 13 nitrogen and oxygen atoms in total. The van der Waals surface area contributed by atoms with Gasteiger partial charge in [0.25, 0.3) is 0 Å². The van der Waals surface area contributed by atoms with Crippen molar-refractivity contribution < 1.29 is 38.8 Å². The third kappa shape index (κ3) is 5.82. The van der Waals surface area contributed by atoms with Gasteiger partial charge in [-0.1, -0.05) is 25.7 Å². The van der Waals surface area contributed by atoms with Crippen molar-refractivity contribution in [3.63, 3.8) is 0 Å². The molecular formula is C23H34N5O8P. The number of rotatable bonds is 9. The smallest absolute Gasteiger partial charge is 0.359 e. The van der Waals surface area contributed by atoms with Gasteiger partial charge in [-0.15, -0.1) is 0 Å². The van der Waals surface area contributed by atoms with E-state index in [2.05, 4.69) is 32.2 Å². The van der Waals surface area contributed by atoms with E-state index in [-0.39, 0.29) is 12.6 Å². The molecule has 1 saturated heterocycles. The standard InChI is InChI=1S/C23H34N5O8P/c1-4-5-10-17-26-20(25-14-8-6-7-9-14)15-11-24-28(21(15)27-17)22-19(30)18(29)16(36-22)12-35-23(2,13-34-3)37(31,32)33/h11,14,16,18-19,22,29-30H,4,6-9,12-13H2,1-3H3,(H,25,26,27)(H2,31,32,33)/t16-,18-,19-,22-,23?/m1/s1. The molecule has 3 heterocycles. The van der Waals surface area contributed by atoms with E-state index in [9.17, 15) is 24.6 Å². The first-order chi connectivity index (χ1) is 17.6. The summed E-state index contributed by atoms with van der Waals surface area (Å²) < 4.78 is 29.6. The van der Waals surface area contributed by atoms with Crippen LogP contribution >= 0.6 is 7.60 Å². The largest absolute Gasteiger partial charge is 0.387 e. The van der Waals surface area contributed by atoms with Gasteiger partial charge in [-0.2, -0.15) is 5.10 Å². The fourth-order valence-electron chi connectivity index (χ4n) is 4.52. The molecule has 5 N–H and O–H groups in total. The summed E-state index contributed by atoms with van der Waals surface area (Å²) >= 11 is 0. The number of fused-ring (bicyclic) bond motifs is 1. The predicted molar refractivity (Wildman–Crippen MR) is 133 cm³/mol. The second-order valence-electron chi connectivity index (χ2n) is 9.51. The molecular weight excluding hydrogens is 505 g/mol. The predicted octanol–water partition coefficient (Wildman–Crippen LogP) is 1.12. The summed E-state index contributed by atoms with van der Waals surface area (Å²) in [6.45, 7) is 2.34. The Balaban J connectivity index is 1.61. The molecule has 1 aliphatic heterocycles. The summed E-state index contributed by atoms with van der Waals surface area (Å²) in [6.07, 6.45) is 1.49. The van der Waals surface area contributed by atoms with Crippen LogP contribution in [0.1, 0.15) is 58.0 Å². The monoisotopic (exact) mass is 539 g/mol. The molecule has 1 unspecified atom stereocenters. The molecule has 0 amide bonds. The summed E-state index contributed by atoms with van der Waals surface area (Å²) in [4.78, 5) is 28.5. The zero-order chi connectivity index (χ0) is 26.8. The van der Waals surface area contributed by atoms with E-state index in [0.717, 1.165) is 25.7 Å². The molecule has 0 radical (unpaired) electrons. The fourth-order valence-corrected chi connectivity index (χ4v) is 5.06. The molecule has 5 atom stereocenters. The van der Waals surface area contributed by atoms with Crippen LogP contribution in [0.3, 0.4) is 0 Å². The molecule has 1 saturated carbocycles. The van der Waals surface area contributed by atoms with Crippen LogP contribution in [0.5, 0.6) is 0 Å². The highest BCUT2D eigenvalue weighted by molar-refractivity contribution is 7.53. The quantitative estimate of drug-likeness (QED) is 0.227. The lowest BCUT2D eigenvalue weighted by Gasteiger charge is -2.31. The molecule has 0 aromatic carbocycles. The van der Waals surface area contributed by atoms with Crippen molar-refractivity contribution in [3.05, 3.63) is 12.0 Å². The topological polar surface area (TPSA) is 181 Å². The average Bonchev–Trinajstić information content (AvgIpc) is 3.57. The van der Waals surface area contributed by atoms with E-state index in [1.807, 2.05) is 6.92 Å². The first-order valence-corrected chi connectivity index (χ1v) is 13.9. The van der Waals surface area contributed by atoms with Gasteiger partial charge in [-0.05, 0) is 25.7 Å². The van der Waals surface area contributed by atoms with Crippen molar-refractivity contribution >= 4 is 24.4 Å². The highest BCUT2D eigenvalue weighted by atomic mass is 31.2. The third-order valence-corrected chi connectivity index (χ3v) is 8.18. The van der Waals surface area contributed by atoms with Crippen molar-refractivity contribution in [2.75, 3.05) is 25.6 Å². The van der Waals surface area contributed by atoms with E-state index < -0.39 is 44.1 Å². The Morgan fingerprint density at radius 3 is 2.65 bits per heavy atom. The fraction of sp³-hybridized carbons (Fsp3) is 0.696. The zero-order valence-electron chi connectivity index (χ0n) is 21.1. The zero-order valence-corrected chi connectivity index (χ0v) is 22.0. The normalized spacial score (nSPS) is 26.2. The number of aliphatic hydroxyl groups excluding tert-OH is 2. The Hall–Kier alpha value is -2.14. The number of nitrogens with one attached hydrogen (secondary N) is 1. The number of methoxy groups -OCH3 is 1. The van der Waals surface area contributed by atoms with E-state index in [1.165, 1.54) is 18.7 Å². The van der Waals surface area contributed by atoms with Gasteiger partial charge in [-0.3, -0.25) is 4.57 Å². The second-order valence-corrected chi connectivity index (χ2v) is 11.5. The van der Waals surface area contributed by atoms with Crippen LogP contribution in [-0.2, 0) is 18.8 Å². The van der Waals surface area contributed by atoms with Gasteiger partial charge in [0.05, 0.1) is 24.8 Å². The van der Waals surface area contributed by atoms with E-state index in [0.29, 0.717) is 29.1 Å². The lowest BCUT2D eigenvalue weighted by atomic mass is 10.1. The molecule has 0 bridgehead atoms. The lowest BCUT2D eigenvalue weighted by Crippen LogP contribution is -2.40. The summed E-state index contributed by atoms with van der Waals surface area (Å²) in [5.74, 6) is 6.79. The number of nitrogens with zero attached hydrogens (tertiary/aromatic N) is 4. The first kappa shape index (κ1) is 27.9. The van der Waals surface area contributed by atoms with Crippen molar-refractivity contribution in [2.45, 2.75) is 81.9 Å². The Morgan fingerprint density at radius 1 is 1.27 bits per heavy atom. The maximum Gasteiger partial charge on any atom is 0.359 e. The van der Waals surface area contributed by atoms with E-state index in [1.54, 1.807) is 6.20 Å². The number of aliphatic hydroxyl groups is 2. The van der Waals surface area contributed by atoms with Gasteiger partial charge < -0.3 is 39.5 Å². The highest BCUT2D eigenvalue weighted by Gasteiger charge is 2.49. The lowest BCUT2D eigenvalue weighted by molar-refractivity contribution is -0.107. The average molecular weight is 540 g/mol. The van der Waals surface area contributed by atoms with Crippen molar-refractivity contribution in [2.24, 2.45) is 0 Å². The van der Waals surface area contributed by atoms with Gasteiger partial charge in [0, 0.05) is 19.6 Å². The summed E-state index contributed by atoms with van der Waals surface area (Å²) in [7, 11) is -3.44. The number of hydrogen-bond donors (Lipinski definition) is 5. The molecule has 2 fully saturated rings. The summed E-state index contributed by atoms with van der Waals surface area (Å²) in [5.41, 5.74) is 0.369. The van der Waals surface area contributed by atoms with Crippen LogP contribution in [0.4, 0.5) is 5.82 Å². The second kappa shape index (κ2) is 11.3. The molecule has 1 aliphatic carbocycles. The molecule has 0 spiro atoms. The molecule has 2 aliphatic rings. The maximum absolute atomic E-state index is 11.9. The Kier molecular flexibility index (Phi) is 8.52. The van der Waals surface area contributed by atoms with Gasteiger partial charge >= 0.3 is 7.60 Å². The van der Waals surface area contributed by atoms with Crippen LogP contribution in [0.15, 0.2) is 6.20 Å². The van der Waals surface area contributed by atoms with Gasteiger partial charge in [-0.25, -0.2) is 14.6 Å².